The number of hydrogen-bond acceptors (Lipinski definition) is 3. The first kappa shape index (κ1) is 15.5. The molecule has 1 aliphatic heterocycles. The molecule has 1 heterocycles. The number of rotatable bonds is 3. The van der Waals surface area contributed by atoms with E-state index in [1.54, 1.807) is 7.11 Å². The van der Waals surface area contributed by atoms with Crippen molar-refractivity contribution in [3.05, 3.63) is 89.5 Å². The largest absolute Gasteiger partial charge is 0.497 e. The molecule has 0 bridgehead atoms. The number of nitrogens with zero attached hydrogens (tertiary/aromatic N) is 1. The van der Waals surface area contributed by atoms with Gasteiger partial charge in [0.15, 0.2) is 0 Å². The predicted octanol–water partition coefficient (Wildman–Crippen LogP) is 4.36. The average molecular weight is 328 g/mol. The maximum absolute atomic E-state index is 6.19. The number of nitrogens with two attached hydrogens (primary N) is 1. The molecule has 3 aromatic carbocycles. The Kier molecular flexibility index (Phi) is 3.98. The summed E-state index contributed by atoms with van der Waals surface area (Å²) in [7, 11) is 1.69. The molecule has 2 N–H and O–H groups in total. The van der Waals surface area contributed by atoms with Crippen molar-refractivity contribution < 1.29 is 4.74 Å². The van der Waals surface area contributed by atoms with Crippen molar-refractivity contribution in [1.82, 2.24) is 0 Å². The third kappa shape index (κ3) is 3.01. The van der Waals surface area contributed by atoms with E-state index in [2.05, 4.69) is 42.5 Å². The zero-order valence-electron chi connectivity index (χ0n) is 14.1. The van der Waals surface area contributed by atoms with Gasteiger partial charge in [0, 0.05) is 5.56 Å². The maximum atomic E-state index is 6.19. The van der Waals surface area contributed by atoms with E-state index in [-0.39, 0.29) is 6.04 Å². The van der Waals surface area contributed by atoms with E-state index >= 15 is 0 Å². The maximum Gasteiger partial charge on any atom is 0.126 e. The molecular weight excluding hydrogens is 308 g/mol. The summed E-state index contributed by atoms with van der Waals surface area (Å²) < 4.78 is 5.34. The van der Waals surface area contributed by atoms with Gasteiger partial charge in [-0.1, -0.05) is 54.6 Å². The quantitative estimate of drug-likeness (QED) is 0.776. The van der Waals surface area contributed by atoms with Gasteiger partial charge in [-0.15, -0.1) is 0 Å². The van der Waals surface area contributed by atoms with Gasteiger partial charge >= 0.3 is 0 Å². The summed E-state index contributed by atoms with van der Waals surface area (Å²) in [6.07, 6.45) is 0.873. The lowest BCUT2D eigenvalue weighted by molar-refractivity contribution is 0.415. The molecule has 4 rings (SSSR count). The van der Waals surface area contributed by atoms with Gasteiger partial charge in [-0.25, -0.2) is 0 Å². The molecule has 0 fully saturated rings. The number of aliphatic imine (C=N–C) groups is 1. The normalized spacial score (nSPS) is 16.0. The Morgan fingerprint density at radius 3 is 2.52 bits per heavy atom. The minimum atomic E-state index is 0.0560. The summed E-state index contributed by atoms with van der Waals surface area (Å²) >= 11 is 0. The van der Waals surface area contributed by atoms with E-state index in [9.17, 15) is 0 Å². The first-order chi connectivity index (χ1) is 12.2. The van der Waals surface area contributed by atoms with Crippen LogP contribution in [0.5, 0.6) is 5.75 Å². The molecule has 25 heavy (non-hydrogen) atoms. The minimum Gasteiger partial charge on any atom is -0.497 e. The van der Waals surface area contributed by atoms with E-state index in [4.69, 9.17) is 15.5 Å². The summed E-state index contributed by atoms with van der Waals surface area (Å²) in [5, 5.41) is 0. The molecule has 3 aromatic rings. The minimum absolute atomic E-state index is 0.0560. The Hall–Kier alpha value is -3.07. The Morgan fingerprint density at radius 2 is 1.68 bits per heavy atom. The SMILES string of the molecule is COc1cccc(-c2cccc([C@H]3Cc4ccccc4C(N)=N3)c2)c1. The van der Waals surface area contributed by atoms with Gasteiger partial charge in [0.25, 0.3) is 0 Å². The molecule has 1 atom stereocenters. The van der Waals surface area contributed by atoms with Crippen LogP contribution in [0.4, 0.5) is 0 Å². The molecule has 1 aliphatic rings. The number of benzene rings is 3. The van der Waals surface area contributed by atoms with Crippen LogP contribution in [0.2, 0.25) is 0 Å². The van der Waals surface area contributed by atoms with Crippen molar-refractivity contribution in [1.29, 1.82) is 0 Å². The summed E-state index contributed by atoms with van der Waals surface area (Å²) in [6, 6.07) is 24.9. The molecule has 0 aromatic heterocycles. The van der Waals surface area contributed by atoms with E-state index in [1.807, 2.05) is 30.3 Å². The molecule has 0 unspecified atom stereocenters. The highest BCUT2D eigenvalue weighted by atomic mass is 16.5. The van der Waals surface area contributed by atoms with Crippen LogP contribution < -0.4 is 10.5 Å². The molecule has 3 heteroatoms. The fourth-order valence-corrected chi connectivity index (χ4v) is 3.36. The monoisotopic (exact) mass is 328 g/mol. The van der Waals surface area contributed by atoms with Crippen LogP contribution >= 0.6 is 0 Å². The van der Waals surface area contributed by atoms with E-state index in [0.717, 1.165) is 28.9 Å². The van der Waals surface area contributed by atoms with Crippen molar-refractivity contribution >= 4 is 5.84 Å². The highest BCUT2D eigenvalue weighted by Gasteiger charge is 2.20. The number of fused-ring (bicyclic) bond motifs is 1. The zero-order chi connectivity index (χ0) is 17.2. The fraction of sp³-hybridized carbons (Fsp3) is 0.136. The number of amidine groups is 1. The van der Waals surface area contributed by atoms with Gasteiger partial charge in [0.1, 0.15) is 11.6 Å². The van der Waals surface area contributed by atoms with Crippen LogP contribution in [0.25, 0.3) is 11.1 Å². The van der Waals surface area contributed by atoms with Crippen LogP contribution in [0, 0.1) is 0 Å². The summed E-state index contributed by atoms with van der Waals surface area (Å²) in [5.74, 6) is 1.48. The lowest BCUT2D eigenvalue weighted by atomic mass is 9.91. The van der Waals surface area contributed by atoms with Gasteiger partial charge < -0.3 is 10.5 Å². The summed E-state index contributed by atoms with van der Waals surface area (Å²) in [5.41, 5.74) is 12.0. The van der Waals surface area contributed by atoms with Gasteiger partial charge in [-0.2, -0.15) is 0 Å². The van der Waals surface area contributed by atoms with Crippen molar-refractivity contribution in [2.75, 3.05) is 7.11 Å². The molecule has 0 spiro atoms. The molecule has 0 radical (unpaired) electrons. The molecule has 124 valence electrons. The van der Waals surface area contributed by atoms with Crippen LogP contribution in [0.15, 0.2) is 77.8 Å². The Morgan fingerprint density at radius 1 is 0.920 bits per heavy atom. The highest BCUT2D eigenvalue weighted by Crippen LogP contribution is 2.32. The van der Waals surface area contributed by atoms with Gasteiger partial charge in [-0.05, 0) is 46.9 Å². The second-order valence-electron chi connectivity index (χ2n) is 6.25. The smallest absolute Gasteiger partial charge is 0.126 e. The van der Waals surface area contributed by atoms with Crippen LogP contribution in [-0.2, 0) is 6.42 Å². The first-order valence-corrected chi connectivity index (χ1v) is 8.40. The molecule has 3 nitrogen and oxygen atoms in total. The van der Waals surface area contributed by atoms with Crippen LogP contribution in [0.3, 0.4) is 0 Å². The third-order valence-electron chi connectivity index (χ3n) is 4.68. The van der Waals surface area contributed by atoms with E-state index in [0.29, 0.717) is 5.84 Å². The summed E-state index contributed by atoms with van der Waals surface area (Å²) in [4.78, 5) is 4.73. The van der Waals surface area contributed by atoms with Crippen LogP contribution in [-0.4, -0.2) is 12.9 Å². The number of methoxy groups -OCH3 is 1. The Bertz CT molecular complexity index is 946. The number of hydrogen-bond donors (Lipinski definition) is 1. The lowest BCUT2D eigenvalue weighted by Crippen LogP contribution is -2.22. The van der Waals surface area contributed by atoms with Crippen molar-refractivity contribution in [3.8, 4) is 16.9 Å². The molecule has 0 saturated heterocycles. The van der Waals surface area contributed by atoms with Crippen molar-refractivity contribution in [2.45, 2.75) is 12.5 Å². The second kappa shape index (κ2) is 6.44. The first-order valence-electron chi connectivity index (χ1n) is 8.40. The standard InChI is InChI=1S/C22H20N2O/c1-25-19-10-5-8-16(13-19)15-7-4-9-18(12-15)21-14-17-6-2-3-11-20(17)22(23)24-21/h2-13,21H,14H2,1H3,(H2,23,24)/t21-/m1/s1. The molecular formula is C22H20N2O. The topological polar surface area (TPSA) is 47.6 Å². The fourth-order valence-electron chi connectivity index (χ4n) is 3.36. The van der Waals surface area contributed by atoms with Crippen LogP contribution in [0.1, 0.15) is 22.7 Å². The average Bonchev–Trinajstić information content (AvgIpc) is 2.68. The summed E-state index contributed by atoms with van der Waals surface area (Å²) in [6.45, 7) is 0. The zero-order valence-corrected chi connectivity index (χ0v) is 14.1. The van der Waals surface area contributed by atoms with E-state index in [1.165, 1.54) is 11.1 Å². The van der Waals surface area contributed by atoms with Gasteiger partial charge in [0.2, 0.25) is 0 Å². The third-order valence-corrected chi connectivity index (χ3v) is 4.68. The number of ether oxygens (including phenoxy) is 1. The molecule has 0 saturated carbocycles. The Labute approximate surface area is 147 Å². The van der Waals surface area contributed by atoms with Crippen molar-refractivity contribution in [2.24, 2.45) is 10.7 Å². The van der Waals surface area contributed by atoms with Gasteiger partial charge in [0.05, 0.1) is 13.2 Å². The van der Waals surface area contributed by atoms with Crippen molar-refractivity contribution in [3.63, 3.8) is 0 Å². The Balaban J connectivity index is 1.70. The highest BCUT2D eigenvalue weighted by molar-refractivity contribution is 5.99. The van der Waals surface area contributed by atoms with Gasteiger partial charge in [-0.3, -0.25) is 4.99 Å². The van der Waals surface area contributed by atoms with E-state index < -0.39 is 0 Å². The molecule has 0 amide bonds. The predicted molar refractivity (Wildman–Crippen MR) is 102 cm³/mol. The lowest BCUT2D eigenvalue weighted by Gasteiger charge is -2.22. The molecule has 0 aliphatic carbocycles. The second-order valence-corrected chi connectivity index (χ2v) is 6.25.